The molecule has 3 aliphatic rings. The van der Waals surface area contributed by atoms with E-state index in [-0.39, 0.29) is 30.9 Å². The number of fused-ring (bicyclic) bond motifs is 2. The van der Waals surface area contributed by atoms with Crippen LogP contribution in [-0.4, -0.2) is 82.7 Å². The number of likely N-dealkylation sites (N-methyl/N-ethyl adjacent to an activating group) is 1. The molecule has 0 aromatic heterocycles. The molecule has 2 unspecified atom stereocenters. The van der Waals surface area contributed by atoms with E-state index in [1.54, 1.807) is 33.9 Å². The second-order valence-corrected chi connectivity index (χ2v) is 11.6. The molecule has 0 aliphatic carbocycles. The summed E-state index contributed by atoms with van der Waals surface area (Å²) in [6.45, 7) is 11.8. The second-order valence-electron chi connectivity index (χ2n) is 11.6. The van der Waals surface area contributed by atoms with Gasteiger partial charge < -0.3 is 24.5 Å². The van der Waals surface area contributed by atoms with Gasteiger partial charge >= 0.3 is 0 Å². The topological polar surface area (TPSA) is 90.4 Å². The van der Waals surface area contributed by atoms with Crippen LogP contribution >= 0.6 is 0 Å². The molecule has 1 spiro atoms. The average molecular weight is 560 g/mol. The molecule has 218 valence electrons. The maximum absolute atomic E-state index is 14.8. The summed E-state index contributed by atoms with van der Waals surface area (Å²) in [4.78, 5) is 48.0. The Hall–Kier alpha value is -3.49. The average Bonchev–Trinajstić information content (AvgIpc) is 3.59. The van der Waals surface area contributed by atoms with Crippen LogP contribution in [0.2, 0.25) is 0 Å². The number of ether oxygens (including phenoxy) is 1. The molecule has 0 radical (unpaired) electrons. The Kier molecular flexibility index (Phi) is 7.83. The fraction of sp³-hybridized carbons (Fsp3) is 0.485. The highest BCUT2D eigenvalue weighted by atomic mass is 16.5. The van der Waals surface area contributed by atoms with Gasteiger partial charge in [0.25, 0.3) is 5.91 Å². The molecule has 2 aromatic rings. The lowest BCUT2D eigenvalue weighted by Gasteiger charge is -2.39. The van der Waals surface area contributed by atoms with Crippen molar-refractivity contribution in [2.45, 2.75) is 62.8 Å². The summed E-state index contributed by atoms with van der Waals surface area (Å²) in [5.74, 6) is -2.28. The lowest BCUT2D eigenvalue weighted by atomic mass is 9.64. The molecule has 41 heavy (non-hydrogen) atoms. The summed E-state index contributed by atoms with van der Waals surface area (Å²) in [5, 5.41) is 12.4. The lowest BCUT2D eigenvalue weighted by molar-refractivity contribution is -0.153. The minimum absolute atomic E-state index is 0.172. The van der Waals surface area contributed by atoms with E-state index in [0.29, 0.717) is 37.9 Å². The second kappa shape index (κ2) is 11.1. The van der Waals surface area contributed by atoms with Gasteiger partial charge in [0.1, 0.15) is 11.6 Å². The Labute approximate surface area is 242 Å². The third-order valence-corrected chi connectivity index (χ3v) is 9.60. The Morgan fingerprint density at radius 2 is 1.80 bits per heavy atom. The number of rotatable bonds is 11. The fourth-order valence-electron chi connectivity index (χ4n) is 7.58. The first-order valence-corrected chi connectivity index (χ1v) is 14.6. The number of aliphatic hydroxyl groups excluding tert-OH is 1. The van der Waals surface area contributed by atoms with Crippen molar-refractivity contribution in [3.05, 3.63) is 67.8 Å². The van der Waals surface area contributed by atoms with Crippen LogP contribution in [0.1, 0.15) is 39.5 Å². The molecule has 1 N–H and O–H groups in total. The number of aliphatic hydroxyl groups is 1. The smallest absolute Gasteiger partial charge is 0.253 e. The van der Waals surface area contributed by atoms with Gasteiger partial charge in [-0.1, -0.05) is 56.3 Å². The summed E-state index contributed by atoms with van der Waals surface area (Å²) in [6, 6.07) is 12.2. The van der Waals surface area contributed by atoms with Gasteiger partial charge in [0.05, 0.1) is 30.1 Å². The highest BCUT2D eigenvalue weighted by molar-refractivity contribution is 6.06. The van der Waals surface area contributed by atoms with Crippen molar-refractivity contribution < 1.29 is 24.2 Å². The van der Waals surface area contributed by atoms with Crippen LogP contribution in [0, 0.1) is 11.8 Å². The van der Waals surface area contributed by atoms with Gasteiger partial charge in [-0.15, -0.1) is 13.2 Å². The number of carbonyl (C=O) groups is 3. The molecule has 3 amide bonds. The van der Waals surface area contributed by atoms with Gasteiger partial charge in [-0.3, -0.25) is 14.4 Å². The van der Waals surface area contributed by atoms with Crippen molar-refractivity contribution in [3.8, 4) is 0 Å². The van der Waals surface area contributed by atoms with Crippen molar-refractivity contribution in [2.75, 3.05) is 31.6 Å². The molecular weight excluding hydrogens is 518 g/mol. The largest absolute Gasteiger partial charge is 0.394 e. The molecule has 5 rings (SSSR count). The van der Waals surface area contributed by atoms with E-state index in [9.17, 15) is 19.5 Å². The fourth-order valence-corrected chi connectivity index (χ4v) is 7.58. The molecule has 3 aliphatic heterocycles. The third-order valence-electron chi connectivity index (χ3n) is 9.60. The molecule has 8 heteroatoms. The van der Waals surface area contributed by atoms with Crippen LogP contribution < -0.4 is 4.90 Å². The zero-order valence-corrected chi connectivity index (χ0v) is 24.3. The van der Waals surface area contributed by atoms with E-state index in [0.717, 1.165) is 10.8 Å². The quantitative estimate of drug-likeness (QED) is 0.422. The van der Waals surface area contributed by atoms with Gasteiger partial charge in [-0.2, -0.15) is 0 Å². The summed E-state index contributed by atoms with van der Waals surface area (Å²) in [5.41, 5.74) is -1.31. The van der Waals surface area contributed by atoms with Crippen molar-refractivity contribution in [3.63, 3.8) is 0 Å². The van der Waals surface area contributed by atoms with E-state index in [4.69, 9.17) is 4.74 Å². The van der Waals surface area contributed by atoms with Gasteiger partial charge in [-0.25, -0.2) is 0 Å². The van der Waals surface area contributed by atoms with Crippen molar-refractivity contribution in [1.82, 2.24) is 9.80 Å². The van der Waals surface area contributed by atoms with E-state index in [2.05, 4.69) is 13.2 Å². The first-order chi connectivity index (χ1) is 19.7. The first-order valence-electron chi connectivity index (χ1n) is 14.6. The molecule has 3 saturated heterocycles. The van der Waals surface area contributed by atoms with Gasteiger partial charge in [0, 0.05) is 25.8 Å². The highest BCUT2D eigenvalue weighted by Gasteiger charge is 2.79. The minimum atomic E-state index is -1.17. The maximum atomic E-state index is 14.8. The maximum Gasteiger partial charge on any atom is 0.253 e. The van der Waals surface area contributed by atoms with E-state index in [1.807, 2.05) is 56.3 Å². The summed E-state index contributed by atoms with van der Waals surface area (Å²) < 4.78 is 6.90. The number of benzene rings is 2. The zero-order chi connectivity index (χ0) is 29.5. The van der Waals surface area contributed by atoms with E-state index < -0.39 is 35.1 Å². The van der Waals surface area contributed by atoms with Gasteiger partial charge in [0.2, 0.25) is 11.8 Å². The van der Waals surface area contributed by atoms with Crippen LogP contribution in [0.25, 0.3) is 10.8 Å². The molecule has 3 heterocycles. The number of hydrogen-bond donors (Lipinski definition) is 1. The van der Waals surface area contributed by atoms with Crippen LogP contribution in [0.4, 0.5) is 5.69 Å². The molecule has 2 aromatic carbocycles. The SMILES string of the molecule is C=CCN(C)C(=O)[C@@H]1[C@H]2C(=O)N([C@@H](CC)CO)C(C(=O)N(CC=C)c3ccc4ccccc4c3)C23CC[C@@]1(CC)O3. The molecule has 3 fully saturated rings. The number of anilines is 1. The van der Waals surface area contributed by atoms with Crippen LogP contribution in [-0.2, 0) is 19.1 Å². The van der Waals surface area contributed by atoms with Gasteiger partial charge in [-0.05, 0) is 48.6 Å². The summed E-state index contributed by atoms with van der Waals surface area (Å²) in [7, 11) is 1.71. The van der Waals surface area contributed by atoms with Crippen molar-refractivity contribution in [1.29, 1.82) is 0 Å². The van der Waals surface area contributed by atoms with Gasteiger partial charge in [0.15, 0.2) is 0 Å². The van der Waals surface area contributed by atoms with E-state index in [1.165, 1.54) is 0 Å². The number of likely N-dealkylation sites (tertiary alicyclic amines) is 1. The first kappa shape index (κ1) is 29.0. The molecule has 2 bridgehead atoms. The Morgan fingerprint density at radius 3 is 2.44 bits per heavy atom. The van der Waals surface area contributed by atoms with Crippen molar-refractivity contribution >= 4 is 34.2 Å². The van der Waals surface area contributed by atoms with Crippen LogP contribution in [0.5, 0.6) is 0 Å². The predicted octanol–water partition coefficient (Wildman–Crippen LogP) is 3.93. The summed E-state index contributed by atoms with van der Waals surface area (Å²) >= 11 is 0. The highest BCUT2D eigenvalue weighted by Crippen LogP contribution is 2.65. The van der Waals surface area contributed by atoms with Crippen molar-refractivity contribution in [2.24, 2.45) is 11.8 Å². The Bertz CT molecular complexity index is 1370. The van der Waals surface area contributed by atoms with Crippen LogP contribution in [0.15, 0.2) is 67.8 Å². The zero-order valence-electron chi connectivity index (χ0n) is 24.3. The number of amides is 3. The number of carbonyl (C=O) groups excluding carboxylic acids is 3. The molecule has 6 atom stereocenters. The monoisotopic (exact) mass is 559 g/mol. The number of nitrogens with zero attached hydrogens (tertiary/aromatic N) is 3. The molecule has 0 saturated carbocycles. The Morgan fingerprint density at radius 1 is 1.10 bits per heavy atom. The molecule has 8 nitrogen and oxygen atoms in total. The minimum Gasteiger partial charge on any atom is -0.394 e. The number of hydrogen-bond acceptors (Lipinski definition) is 5. The third kappa shape index (κ3) is 4.30. The standard InChI is InChI=1S/C33H41N3O5/c1-6-18-34(5)29(38)26-27-30(39)36(24(8-3)21-37)28(33(27)17-16-32(26,9-4)41-33)31(40)35(19-7-2)25-15-14-22-12-10-11-13-23(22)20-25/h6-7,10-15,20,24,26-28,37H,1-2,8-9,16-19,21H2,3-5H3/t24-,26-,27-,28?,32+,33?/m0/s1. The van der Waals surface area contributed by atoms with E-state index >= 15 is 0 Å². The lowest BCUT2D eigenvalue weighted by Crippen LogP contribution is -2.59. The summed E-state index contributed by atoms with van der Waals surface area (Å²) in [6.07, 6.45) is 5.40. The normalized spacial score (nSPS) is 28.9. The molecular formula is C33H41N3O5. The van der Waals surface area contributed by atoms with Crippen LogP contribution in [0.3, 0.4) is 0 Å². The predicted molar refractivity (Wildman–Crippen MR) is 159 cm³/mol. The Balaban J connectivity index is 1.64.